The van der Waals surface area contributed by atoms with Crippen molar-refractivity contribution < 1.29 is 4.92 Å². The van der Waals surface area contributed by atoms with Crippen molar-refractivity contribution in [1.29, 1.82) is 0 Å². The highest BCUT2D eigenvalue weighted by molar-refractivity contribution is 5.34. The van der Waals surface area contributed by atoms with Crippen LogP contribution in [0.3, 0.4) is 0 Å². The Morgan fingerprint density at radius 1 is 1.37 bits per heavy atom. The highest BCUT2D eigenvalue weighted by atomic mass is 16.6. The molecule has 0 saturated carbocycles. The van der Waals surface area contributed by atoms with Crippen LogP contribution in [0.25, 0.3) is 0 Å². The molecule has 1 aromatic carbocycles. The summed E-state index contributed by atoms with van der Waals surface area (Å²) in [6, 6.07) is 6.59. The Bertz CT molecular complexity index is 548. The summed E-state index contributed by atoms with van der Waals surface area (Å²) >= 11 is 0. The van der Waals surface area contributed by atoms with Crippen LogP contribution in [0.1, 0.15) is 11.4 Å². The van der Waals surface area contributed by atoms with Crippen LogP contribution < -0.4 is 5.32 Å². The van der Waals surface area contributed by atoms with Gasteiger partial charge in [-0.2, -0.15) is 0 Å². The number of nitro groups is 1. The summed E-state index contributed by atoms with van der Waals surface area (Å²) in [5.74, 6) is 0.962. The number of aromatic nitrogens is 2. The molecule has 0 atom stereocenters. The summed E-state index contributed by atoms with van der Waals surface area (Å²) in [5, 5.41) is 13.7. The summed E-state index contributed by atoms with van der Waals surface area (Å²) in [6.45, 7) is 1.74. The van der Waals surface area contributed by atoms with E-state index in [0.717, 1.165) is 24.5 Å². The first-order chi connectivity index (χ1) is 9.20. The van der Waals surface area contributed by atoms with Gasteiger partial charge in [0.25, 0.3) is 5.69 Å². The molecule has 0 fully saturated rings. The van der Waals surface area contributed by atoms with Crippen molar-refractivity contribution in [3.8, 4) is 0 Å². The molecule has 0 aliphatic rings. The average Bonchev–Trinajstić information content (AvgIpc) is 2.84. The second-order valence-corrected chi connectivity index (χ2v) is 4.24. The minimum Gasteiger partial charge on any atom is -0.333 e. The molecule has 0 saturated heterocycles. The molecule has 0 amide bonds. The lowest BCUT2D eigenvalue weighted by atomic mass is 10.1. The number of imidazole rings is 1. The number of non-ortho nitro benzene ring substituents is 1. The van der Waals surface area contributed by atoms with Gasteiger partial charge in [0.15, 0.2) is 0 Å². The van der Waals surface area contributed by atoms with E-state index >= 15 is 0 Å². The minimum absolute atomic E-state index is 0.113. The lowest BCUT2D eigenvalue weighted by Gasteiger charge is -2.07. The Labute approximate surface area is 111 Å². The van der Waals surface area contributed by atoms with Crippen LogP contribution in [0.2, 0.25) is 0 Å². The van der Waals surface area contributed by atoms with Gasteiger partial charge in [-0.3, -0.25) is 10.1 Å². The molecule has 2 aromatic rings. The van der Waals surface area contributed by atoms with Crippen molar-refractivity contribution >= 4 is 5.69 Å². The first-order valence-electron chi connectivity index (χ1n) is 6.08. The van der Waals surface area contributed by atoms with E-state index in [1.807, 2.05) is 13.2 Å². The van der Waals surface area contributed by atoms with Crippen LogP contribution in [0, 0.1) is 10.1 Å². The average molecular weight is 260 g/mol. The molecule has 6 heteroatoms. The molecule has 2 rings (SSSR count). The molecule has 0 aliphatic heterocycles. The van der Waals surface area contributed by atoms with Crippen LogP contribution in [0.15, 0.2) is 36.7 Å². The highest BCUT2D eigenvalue weighted by Gasteiger charge is 2.07. The zero-order chi connectivity index (χ0) is 13.7. The molecule has 1 aromatic heterocycles. The zero-order valence-corrected chi connectivity index (χ0v) is 10.7. The van der Waals surface area contributed by atoms with Crippen LogP contribution in [0.5, 0.6) is 0 Å². The molecular weight excluding hydrogens is 244 g/mol. The molecule has 6 nitrogen and oxygen atoms in total. The maximum absolute atomic E-state index is 10.6. The predicted molar refractivity (Wildman–Crippen MR) is 72.1 cm³/mol. The fourth-order valence-electron chi connectivity index (χ4n) is 1.86. The molecular formula is C13H16N4O2. The van der Waals surface area contributed by atoms with Crippen molar-refractivity contribution in [1.82, 2.24) is 14.9 Å². The summed E-state index contributed by atoms with van der Waals surface area (Å²) in [6.07, 6.45) is 4.39. The van der Waals surface area contributed by atoms with E-state index in [-0.39, 0.29) is 5.69 Å². The number of nitro benzene ring substituents is 1. The lowest BCUT2D eigenvalue weighted by Crippen LogP contribution is -2.16. The van der Waals surface area contributed by atoms with Gasteiger partial charge in [-0.05, 0) is 12.6 Å². The first-order valence-corrected chi connectivity index (χ1v) is 6.08. The number of likely N-dealkylation sites (N-methyl/N-ethyl adjacent to an activating group) is 1. The molecule has 19 heavy (non-hydrogen) atoms. The summed E-state index contributed by atoms with van der Waals surface area (Å²) in [4.78, 5) is 14.5. The fraction of sp³-hybridized carbons (Fsp3) is 0.308. The van der Waals surface area contributed by atoms with Gasteiger partial charge in [0.2, 0.25) is 0 Å². The molecule has 0 spiro atoms. The number of nitrogens with one attached hydrogen (secondary N) is 1. The van der Waals surface area contributed by atoms with Gasteiger partial charge in [0.1, 0.15) is 5.82 Å². The van der Waals surface area contributed by atoms with Crippen LogP contribution >= 0.6 is 0 Å². The molecule has 100 valence electrons. The molecule has 0 bridgehead atoms. The number of hydrogen-bond donors (Lipinski definition) is 1. The first kappa shape index (κ1) is 13.2. The third-order valence-corrected chi connectivity index (χ3v) is 2.91. The van der Waals surface area contributed by atoms with Crippen LogP contribution in [0.4, 0.5) is 5.69 Å². The second-order valence-electron chi connectivity index (χ2n) is 4.24. The topological polar surface area (TPSA) is 73.0 Å². The van der Waals surface area contributed by atoms with Gasteiger partial charge in [-0.25, -0.2) is 4.98 Å². The van der Waals surface area contributed by atoms with Crippen molar-refractivity contribution in [2.75, 3.05) is 13.6 Å². The molecule has 0 unspecified atom stereocenters. The number of hydrogen-bond acceptors (Lipinski definition) is 4. The van der Waals surface area contributed by atoms with Gasteiger partial charge in [0.05, 0.1) is 4.92 Å². The van der Waals surface area contributed by atoms with E-state index in [2.05, 4.69) is 14.9 Å². The van der Waals surface area contributed by atoms with E-state index in [0.29, 0.717) is 6.42 Å². The standard InChI is InChI=1S/C13H16N4O2/c1-14-6-8-16-9-7-15-13(16)10-11-2-4-12(5-3-11)17(18)19/h2-5,7,9,14H,6,8,10H2,1H3. The van der Waals surface area contributed by atoms with Gasteiger partial charge >= 0.3 is 0 Å². The summed E-state index contributed by atoms with van der Waals surface area (Å²) < 4.78 is 2.08. The summed E-state index contributed by atoms with van der Waals surface area (Å²) in [5.41, 5.74) is 1.13. The monoisotopic (exact) mass is 260 g/mol. The number of benzene rings is 1. The molecule has 1 heterocycles. The summed E-state index contributed by atoms with van der Waals surface area (Å²) in [7, 11) is 1.91. The Morgan fingerprint density at radius 2 is 2.11 bits per heavy atom. The Balaban J connectivity index is 2.08. The Hall–Kier alpha value is -2.21. The van der Waals surface area contributed by atoms with Gasteiger partial charge in [-0.15, -0.1) is 0 Å². The third-order valence-electron chi connectivity index (χ3n) is 2.91. The van der Waals surface area contributed by atoms with Crippen LogP contribution in [-0.2, 0) is 13.0 Å². The van der Waals surface area contributed by atoms with Gasteiger partial charge in [0, 0.05) is 44.0 Å². The normalized spacial score (nSPS) is 10.6. The SMILES string of the molecule is CNCCn1ccnc1Cc1ccc([N+](=O)[O-])cc1. The van der Waals surface area contributed by atoms with Crippen LogP contribution in [-0.4, -0.2) is 28.1 Å². The van der Waals surface area contributed by atoms with Crippen molar-refractivity contribution in [3.05, 3.63) is 58.2 Å². The van der Waals surface area contributed by atoms with E-state index in [1.165, 1.54) is 12.1 Å². The van der Waals surface area contributed by atoms with Gasteiger partial charge < -0.3 is 9.88 Å². The lowest BCUT2D eigenvalue weighted by molar-refractivity contribution is -0.384. The Kier molecular flexibility index (Phi) is 4.25. The number of rotatable bonds is 6. The second kappa shape index (κ2) is 6.10. The van der Waals surface area contributed by atoms with Crippen molar-refractivity contribution in [3.63, 3.8) is 0 Å². The zero-order valence-electron chi connectivity index (χ0n) is 10.7. The minimum atomic E-state index is -0.391. The van der Waals surface area contributed by atoms with E-state index in [9.17, 15) is 10.1 Å². The third kappa shape index (κ3) is 3.38. The van der Waals surface area contributed by atoms with Crippen molar-refractivity contribution in [2.45, 2.75) is 13.0 Å². The molecule has 1 N–H and O–H groups in total. The van der Waals surface area contributed by atoms with Gasteiger partial charge in [-0.1, -0.05) is 12.1 Å². The smallest absolute Gasteiger partial charge is 0.269 e. The van der Waals surface area contributed by atoms with Crippen molar-refractivity contribution in [2.24, 2.45) is 0 Å². The molecule has 0 aliphatic carbocycles. The maximum atomic E-state index is 10.6. The van der Waals surface area contributed by atoms with E-state index in [4.69, 9.17) is 0 Å². The maximum Gasteiger partial charge on any atom is 0.269 e. The fourth-order valence-corrected chi connectivity index (χ4v) is 1.86. The largest absolute Gasteiger partial charge is 0.333 e. The predicted octanol–water partition coefficient (Wildman–Crippen LogP) is 1.60. The van der Waals surface area contributed by atoms with E-state index < -0.39 is 4.92 Å². The Morgan fingerprint density at radius 3 is 2.74 bits per heavy atom. The molecule has 0 radical (unpaired) electrons. The highest BCUT2D eigenvalue weighted by Crippen LogP contribution is 2.14. The van der Waals surface area contributed by atoms with E-state index in [1.54, 1.807) is 18.3 Å². The quantitative estimate of drug-likeness (QED) is 0.632. The number of nitrogens with zero attached hydrogens (tertiary/aromatic N) is 3.